The number of nitrogens with one attached hydrogen (secondary N) is 1. The summed E-state index contributed by atoms with van der Waals surface area (Å²) in [5, 5.41) is 14.4. The Morgan fingerprint density at radius 1 is 1.08 bits per heavy atom. The molecule has 1 aromatic heterocycles. The van der Waals surface area contributed by atoms with E-state index in [0.717, 1.165) is 25.7 Å². The number of ether oxygens (including phenoxy) is 1. The van der Waals surface area contributed by atoms with Crippen molar-refractivity contribution in [3.63, 3.8) is 0 Å². The number of carbonyl (C=O) groups is 2. The van der Waals surface area contributed by atoms with Crippen LogP contribution in [0.3, 0.4) is 0 Å². The molecule has 0 radical (unpaired) electrons. The number of morpholine rings is 1. The van der Waals surface area contributed by atoms with Gasteiger partial charge in [0.15, 0.2) is 11.7 Å². The lowest BCUT2D eigenvalue weighted by Gasteiger charge is -2.32. The highest BCUT2D eigenvalue weighted by molar-refractivity contribution is 5.86. The normalized spacial score (nSPS) is 18.9. The molecular formula is C31H39N3O5. The number of carbonyl (C=O) groups excluding carboxylic acids is 2. The molecule has 2 heterocycles. The van der Waals surface area contributed by atoms with Gasteiger partial charge in [-0.2, -0.15) is 0 Å². The summed E-state index contributed by atoms with van der Waals surface area (Å²) in [7, 11) is 0. The van der Waals surface area contributed by atoms with Gasteiger partial charge < -0.3 is 24.5 Å². The number of amides is 2. The molecule has 4 atom stereocenters. The molecule has 2 fully saturated rings. The highest BCUT2D eigenvalue weighted by Gasteiger charge is 2.42. The van der Waals surface area contributed by atoms with Gasteiger partial charge in [-0.15, -0.1) is 0 Å². The summed E-state index contributed by atoms with van der Waals surface area (Å²) in [4.78, 5) is 33.7. The van der Waals surface area contributed by atoms with Gasteiger partial charge in [0.05, 0.1) is 25.2 Å². The molecule has 1 saturated heterocycles. The van der Waals surface area contributed by atoms with Gasteiger partial charge in [0.1, 0.15) is 5.52 Å². The topological polar surface area (TPSA) is 105 Å². The van der Waals surface area contributed by atoms with Crippen molar-refractivity contribution in [2.75, 3.05) is 26.3 Å². The molecule has 2 N–H and O–H groups in total. The molecule has 1 saturated carbocycles. The van der Waals surface area contributed by atoms with Crippen LogP contribution in [0.1, 0.15) is 56.6 Å². The van der Waals surface area contributed by atoms with Gasteiger partial charge >= 0.3 is 0 Å². The molecule has 1 aliphatic heterocycles. The Balaban J connectivity index is 1.38. The van der Waals surface area contributed by atoms with Crippen molar-refractivity contribution < 1.29 is 23.8 Å². The van der Waals surface area contributed by atoms with E-state index >= 15 is 0 Å². The third-order valence-corrected chi connectivity index (χ3v) is 8.03. The summed E-state index contributed by atoms with van der Waals surface area (Å²) in [5.41, 5.74) is 2.43. The molecule has 208 valence electrons. The monoisotopic (exact) mass is 533 g/mol. The summed E-state index contributed by atoms with van der Waals surface area (Å²) < 4.78 is 11.3. The van der Waals surface area contributed by atoms with Crippen LogP contribution in [0.5, 0.6) is 0 Å². The number of aliphatic hydroxyl groups excluding tert-OH is 1. The van der Waals surface area contributed by atoms with E-state index in [-0.39, 0.29) is 30.0 Å². The number of hydrogen-bond donors (Lipinski definition) is 2. The maximum absolute atomic E-state index is 14.0. The van der Waals surface area contributed by atoms with Crippen molar-refractivity contribution in [3.8, 4) is 0 Å². The van der Waals surface area contributed by atoms with Gasteiger partial charge in [-0.3, -0.25) is 9.59 Å². The molecule has 1 aliphatic carbocycles. The van der Waals surface area contributed by atoms with E-state index in [0.29, 0.717) is 49.7 Å². The van der Waals surface area contributed by atoms with Gasteiger partial charge in [-0.25, -0.2) is 4.98 Å². The number of nitrogens with zero attached hydrogens (tertiary/aromatic N) is 2. The third-order valence-electron chi connectivity index (χ3n) is 8.03. The molecule has 8 heteroatoms. The zero-order valence-corrected chi connectivity index (χ0v) is 22.6. The minimum absolute atomic E-state index is 0.0105. The van der Waals surface area contributed by atoms with E-state index in [1.807, 2.05) is 54.3 Å². The first-order valence-corrected chi connectivity index (χ1v) is 14.3. The van der Waals surface area contributed by atoms with Crippen LogP contribution in [0.2, 0.25) is 0 Å². The maximum Gasteiger partial charge on any atom is 0.226 e. The first-order valence-electron chi connectivity index (χ1n) is 14.3. The molecule has 2 aromatic carbocycles. The summed E-state index contributed by atoms with van der Waals surface area (Å²) in [5.74, 6) is -0.0462. The zero-order valence-electron chi connectivity index (χ0n) is 22.6. The van der Waals surface area contributed by atoms with E-state index in [9.17, 15) is 14.7 Å². The van der Waals surface area contributed by atoms with E-state index in [2.05, 4.69) is 22.4 Å². The van der Waals surface area contributed by atoms with Crippen LogP contribution in [0, 0.1) is 17.8 Å². The van der Waals surface area contributed by atoms with Crippen LogP contribution in [0.25, 0.3) is 11.1 Å². The Bertz CT molecular complexity index is 1200. The number of aliphatic hydroxyl groups is 1. The number of hydrogen-bond acceptors (Lipinski definition) is 6. The molecule has 0 bridgehead atoms. The maximum atomic E-state index is 14.0. The van der Waals surface area contributed by atoms with Crippen molar-refractivity contribution in [1.29, 1.82) is 0 Å². The van der Waals surface area contributed by atoms with Gasteiger partial charge in [0, 0.05) is 19.5 Å². The van der Waals surface area contributed by atoms with Crippen molar-refractivity contribution >= 4 is 22.9 Å². The molecule has 0 spiro atoms. The lowest BCUT2D eigenvalue weighted by atomic mass is 9.80. The quantitative estimate of drug-likeness (QED) is 0.360. The molecule has 2 amide bonds. The second-order valence-electron chi connectivity index (χ2n) is 10.9. The minimum Gasteiger partial charge on any atom is -0.438 e. The summed E-state index contributed by atoms with van der Waals surface area (Å²) in [6.07, 6.45) is 3.25. The Hall–Kier alpha value is -3.23. The number of aromatic nitrogens is 1. The van der Waals surface area contributed by atoms with Crippen LogP contribution < -0.4 is 5.32 Å². The van der Waals surface area contributed by atoms with E-state index in [1.54, 1.807) is 0 Å². The van der Waals surface area contributed by atoms with E-state index < -0.39 is 18.1 Å². The van der Waals surface area contributed by atoms with E-state index in [4.69, 9.17) is 9.15 Å². The number of rotatable bonds is 12. The predicted molar refractivity (Wildman–Crippen MR) is 148 cm³/mol. The Kier molecular flexibility index (Phi) is 8.94. The highest BCUT2D eigenvalue weighted by Crippen LogP contribution is 2.44. The smallest absolute Gasteiger partial charge is 0.226 e. The van der Waals surface area contributed by atoms with Gasteiger partial charge in [-0.1, -0.05) is 55.8 Å². The third kappa shape index (κ3) is 6.86. The number of fused-ring (bicyclic) bond motifs is 1. The first kappa shape index (κ1) is 27.3. The predicted octanol–water partition coefficient (Wildman–Crippen LogP) is 4.28. The van der Waals surface area contributed by atoms with Crippen LogP contribution in [0.4, 0.5) is 0 Å². The fourth-order valence-electron chi connectivity index (χ4n) is 5.71. The molecule has 39 heavy (non-hydrogen) atoms. The van der Waals surface area contributed by atoms with Gasteiger partial charge in [-0.05, 0) is 55.2 Å². The van der Waals surface area contributed by atoms with Crippen molar-refractivity contribution in [3.05, 3.63) is 66.1 Å². The Morgan fingerprint density at radius 2 is 1.79 bits per heavy atom. The number of oxazole rings is 1. The minimum atomic E-state index is -1.09. The molecule has 3 aromatic rings. The van der Waals surface area contributed by atoms with Crippen LogP contribution >= 0.6 is 0 Å². The fourth-order valence-corrected chi connectivity index (χ4v) is 5.71. The van der Waals surface area contributed by atoms with Gasteiger partial charge in [0.2, 0.25) is 17.7 Å². The lowest BCUT2D eigenvalue weighted by molar-refractivity contribution is -0.141. The van der Waals surface area contributed by atoms with E-state index in [1.165, 1.54) is 5.56 Å². The van der Waals surface area contributed by atoms with Crippen molar-refractivity contribution in [1.82, 2.24) is 15.2 Å². The highest BCUT2D eigenvalue weighted by atomic mass is 16.5. The number of benzene rings is 2. The Morgan fingerprint density at radius 3 is 2.49 bits per heavy atom. The average Bonchev–Trinajstić information content (AvgIpc) is 3.72. The SMILES string of the molecule is CCC[C@H](NC(=O)C(CC(=O)N1CCOCC1)C(Cc1ccccc1)C1CC1)C(O)c1nc2ccccc2o1. The lowest BCUT2D eigenvalue weighted by Crippen LogP contribution is -2.48. The van der Waals surface area contributed by atoms with Crippen molar-refractivity contribution in [2.45, 2.75) is 57.6 Å². The summed E-state index contributed by atoms with van der Waals surface area (Å²) in [6, 6.07) is 17.0. The van der Waals surface area contributed by atoms with Crippen molar-refractivity contribution in [2.24, 2.45) is 17.8 Å². The molecule has 3 unspecified atom stereocenters. The zero-order chi connectivity index (χ0) is 27.2. The Labute approximate surface area is 229 Å². The molecule has 2 aliphatic rings. The summed E-state index contributed by atoms with van der Waals surface area (Å²) in [6.45, 7) is 4.16. The average molecular weight is 534 g/mol. The molecule has 8 nitrogen and oxygen atoms in total. The molecular weight excluding hydrogens is 494 g/mol. The second-order valence-corrected chi connectivity index (χ2v) is 10.9. The van der Waals surface area contributed by atoms with Crippen LogP contribution in [-0.4, -0.2) is 59.1 Å². The largest absolute Gasteiger partial charge is 0.438 e. The standard InChI is InChI=1S/C31H39N3O5/c1-2-8-26(29(36)31-33-25-11-6-7-12-27(25)39-31)32-30(37)24(20-28(35)34-15-17-38-18-16-34)23(22-13-14-22)19-21-9-4-3-5-10-21/h3-7,9-12,22-24,26,29,36H,2,8,13-20H2,1H3,(H,32,37)/t23?,24?,26-,29?/m0/s1. The fraction of sp³-hybridized carbons (Fsp3) is 0.516. The molecule has 5 rings (SSSR count). The van der Waals surface area contributed by atoms with Crippen LogP contribution in [0.15, 0.2) is 59.0 Å². The number of para-hydroxylation sites is 2. The summed E-state index contributed by atoms with van der Waals surface area (Å²) >= 11 is 0. The van der Waals surface area contributed by atoms with Crippen LogP contribution in [-0.2, 0) is 20.7 Å². The second kappa shape index (κ2) is 12.7. The first-order chi connectivity index (χ1) is 19.0. The van der Waals surface area contributed by atoms with Gasteiger partial charge in [0.25, 0.3) is 0 Å².